The van der Waals surface area contributed by atoms with Crippen molar-refractivity contribution in [2.75, 3.05) is 13.7 Å². The summed E-state index contributed by atoms with van der Waals surface area (Å²) in [4.78, 5) is 34.0. The predicted molar refractivity (Wildman–Crippen MR) is 87.3 cm³/mol. The number of amides is 2. The van der Waals surface area contributed by atoms with Crippen molar-refractivity contribution in [3.63, 3.8) is 0 Å². The number of carbonyl (C=O) groups is 2. The van der Waals surface area contributed by atoms with Crippen LogP contribution in [-0.2, 0) is 4.79 Å². The lowest BCUT2D eigenvalue weighted by Crippen LogP contribution is -2.43. The topological polar surface area (TPSA) is 98.4 Å². The lowest BCUT2D eigenvalue weighted by atomic mass is 10.1. The van der Waals surface area contributed by atoms with Crippen LogP contribution in [0.25, 0.3) is 11.3 Å². The quantitative estimate of drug-likeness (QED) is 0.911. The number of ether oxygens (including phenoxy) is 1. The third kappa shape index (κ3) is 2.92. The Kier molecular flexibility index (Phi) is 4.41. The number of primary amides is 1. The molecule has 2 heterocycles. The Hall–Kier alpha value is -2.96. The average Bonchev–Trinajstić information content (AvgIpc) is 3.11. The van der Waals surface area contributed by atoms with E-state index < -0.39 is 11.9 Å². The fourth-order valence-electron chi connectivity index (χ4n) is 2.91. The summed E-state index contributed by atoms with van der Waals surface area (Å²) in [5.41, 5.74) is 7.29. The largest absolute Gasteiger partial charge is 0.479 e. The maximum atomic E-state index is 12.6. The molecule has 0 aliphatic carbocycles. The molecule has 2 amide bonds. The van der Waals surface area contributed by atoms with Crippen molar-refractivity contribution >= 4 is 11.8 Å². The van der Waals surface area contributed by atoms with Crippen LogP contribution in [0.5, 0.6) is 5.88 Å². The van der Waals surface area contributed by atoms with Gasteiger partial charge in [-0.25, -0.2) is 9.97 Å². The van der Waals surface area contributed by atoms with E-state index in [1.54, 1.807) is 41.6 Å². The standard InChI is InChI=1S/C17H18N4O3/c1-24-16-14(19-8-9-20-16)11-4-6-12(7-5-11)17(23)21-10-2-3-13(21)15(18)22/h4-9,13H,2-3,10H2,1H3,(H2,18,22)/t13-/m0/s1. The summed E-state index contributed by atoms with van der Waals surface area (Å²) in [5.74, 6) is -0.222. The Balaban J connectivity index is 1.84. The number of aromatic nitrogens is 2. The first-order chi connectivity index (χ1) is 11.6. The molecule has 124 valence electrons. The van der Waals surface area contributed by atoms with Gasteiger partial charge >= 0.3 is 0 Å². The number of benzene rings is 1. The number of carbonyl (C=O) groups excluding carboxylic acids is 2. The van der Waals surface area contributed by atoms with Crippen molar-refractivity contribution in [1.82, 2.24) is 14.9 Å². The van der Waals surface area contributed by atoms with Crippen molar-refractivity contribution in [1.29, 1.82) is 0 Å². The fourth-order valence-corrected chi connectivity index (χ4v) is 2.91. The van der Waals surface area contributed by atoms with E-state index in [0.29, 0.717) is 30.1 Å². The molecule has 7 heteroatoms. The highest BCUT2D eigenvalue weighted by Gasteiger charge is 2.33. The van der Waals surface area contributed by atoms with Gasteiger partial charge in [-0.2, -0.15) is 0 Å². The highest BCUT2D eigenvalue weighted by molar-refractivity contribution is 5.98. The highest BCUT2D eigenvalue weighted by Crippen LogP contribution is 2.26. The van der Waals surface area contributed by atoms with Crippen LogP contribution in [0, 0.1) is 0 Å². The Morgan fingerprint density at radius 3 is 2.58 bits per heavy atom. The van der Waals surface area contributed by atoms with Gasteiger partial charge in [0.1, 0.15) is 11.7 Å². The molecule has 0 spiro atoms. The minimum atomic E-state index is -0.516. The monoisotopic (exact) mass is 326 g/mol. The molecule has 1 aromatic carbocycles. The second-order valence-corrected chi connectivity index (χ2v) is 5.55. The number of likely N-dealkylation sites (tertiary alicyclic amines) is 1. The second-order valence-electron chi connectivity index (χ2n) is 5.55. The van der Waals surface area contributed by atoms with Crippen molar-refractivity contribution in [2.45, 2.75) is 18.9 Å². The summed E-state index contributed by atoms with van der Waals surface area (Å²) in [7, 11) is 1.53. The molecule has 1 fully saturated rings. The fraction of sp³-hybridized carbons (Fsp3) is 0.294. The summed E-state index contributed by atoms with van der Waals surface area (Å²) in [5, 5.41) is 0. The van der Waals surface area contributed by atoms with Crippen LogP contribution in [0.15, 0.2) is 36.7 Å². The van der Waals surface area contributed by atoms with Gasteiger partial charge in [-0.05, 0) is 25.0 Å². The number of nitrogens with zero attached hydrogens (tertiary/aromatic N) is 3. The van der Waals surface area contributed by atoms with Gasteiger partial charge in [-0.3, -0.25) is 9.59 Å². The van der Waals surface area contributed by atoms with Gasteiger partial charge in [0.25, 0.3) is 5.91 Å². The Morgan fingerprint density at radius 2 is 1.92 bits per heavy atom. The molecule has 1 aromatic heterocycles. The molecule has 0 radical (unpaired) electrons. The van der Waals surface area contributed by atoms with E-state index in [4.69, 9.17) is 10.5 Å². The molecule has 0 bridgehead atoms. The van der Waals surface area contributed by atoms with Crippen LogP contribution < -0.4 is 10.5 Å². The molecule has 7 nitrogen and oxygen atoms in total. The molecule has 2 aromatic rings. The van der Waals surface area contributed by atoms with E-state index in [-0.39, 0.29) is 5.91 Å². The highest BCUT2D eigenvalue weighted by atomic mass is 16.5. The maximum Gasteiger partial charge on any atom is 0.254 e. The first kappa shape index (κ1) is 15.9. The molecular weight excluding hydrogens is 308 g/mol. The van der Waals surface area contributed by atoms with E-state index in [0.717, 1.165) is 12.0 Å². The van der Waals surface area contributed by atoms with E-state index in [1.807, 2.05) is 0 Å². The molecule has 0 unspecified atom stereocenters. The minimum Gasteiger partial charge on any atom is -0.479 e. The summed E-state index contributed by atoms with van der Waals surface area (Å²) in [6.45, 7) is 0.548. The van der Waals surface area contributed by atoms with Gasteiger partial charge in [0.2, 0.25) is 11.8 Å². The Bertz CT molecular complexity index is 761. The van der Waals surface area contributed by atoms with Crippen LogP contribution in [0.1, 0.15) is 23.2 Å². The van der Waals surface area contributed by atoms with Crippen LogP contribution in [0.3, 0.4) is 0 Å². The summed E-state index contributed by atoms with van der Waals surface area (Å²) >= 11 is 0. The van der Waals surface area contributed by atoms with Gasteiger partial charge in [-0.15, -0.1) is 0 Å². The molecule has 2 N–H and O–H groups in total. The molecule has 1 aliphatic rings. The summed E-state index contributed by atoms with van der Waals surface area (Å²) in [6, 6.07) is 6.48. The molecule has 0 saturated carbocycles. The smallest absolute Gasteiger partial charge is 0.254 e. The van der Waals surface area contributed by atoms with Crippen LogP contribution >= 0.6 is 0 Å². The Morgan fingerprint density at radius 1 is 1.21 bits per heavy atom. The van der Waals surface area contributed by atoms with E-state index in [1.165, 1.54) is 7.11 Å². The Labute approximate surface area is 139 Å². The normalized spacial score (nSPS) is 16.9. The zero-order valence-corrected chi connectivity index (χ0v) is 13.3. The van der Waals surface area contributed by atoms with Gasteiger partial charge in [0, 0.05) is 30.1 Å². The second kappa shape index (κ2) is 6.66. The van der Waals surface area contributed by atoms with Crippen LogP contribution in [0.2, 0.25) is 0 Å². The zero-order chi connectivity index (χ0) is 17.1. The molecule has 24 heavy (non-hydrogen) atoms. The van der Waals surface area contributed by atoms with Crippen molar-refractivity contribution in [3.8, 4) is 17.1 Å². The van der Waals surface area contributed by atoms with Crippen molar-refractivity contribution in [3.05, 3.63) is 42.2 Å². The van der Waals surface area contributed by atoms with Crippen molar-refractivity contribution < 1.29 is 14.3 Å². The molecule has 3 rings (SSSR count). The van der Waals surface area contributed by atoms with E-state index in [9.17, 15) is 9.59 Å². The van der Waals surface area contributed by atoms with Gasteiger partial charge in [-0.1, -0.05) is 12.1 Å². The number of hydrogen-bond acceptors (Lipinski definition) is 5. The number of rotatable bonds is 4. The first-order valence-electron chi connectivity index (χ1n) is 7.67. The zero-order valence-electron chi connectivity index (χ0n) is 13.3. The molecular formula is C17H18N4O3. The molecule has 1 atom stereocenters. The van der Waals surface area contributed by atoms with Gasteiger partial charge < -0.3 is 15.4 Å². The number of methoxy groups -OCH3 is 1. The number of nitrogens with two attached hydrogens (primary N) is 1. The van der Waals surface area contributed by atoms with E-state index in [2.05, 4.69) is 9.97 Å². The predicted octanol–water partition coefficient (Wildman–Crippen LogP) is 1.24. The molecule has 1 saturated heterocycles. The van der Waals surface area contributed by atoms with Gasteiger partial charge in [0.05, 0.1) is 7.11 Å². The van der Waals surface area contributed by atoms with E-state index >= 15 is 0 Å². The maximum absolute atomic E-state index is 12.6. The van der Waals surface area contributed by atoms with Crippen LogP contribution in [0.4, 0.5) is 0 Å². The number of hydrogen-bond donors (Lipinski definition) is 1. The minimum absolute atomic E-state index is 0.186. The third-order valence-corrected chi connectivity index (χ3v) is 4.11. The average molecular weight is 326 g/mol. The molecule has 1 aliphatic heterocycles. The summed E-state index contributed by atoms with van der Waals surface area (Å²) < 4.78 is 5.20. The first-order valence-corrected chi connectivity index (χ1v) is 7.67. The van der Waals surface area contributed by atoms with Crippen molar-refractivity contribution in [2.24, 2.45) is 5.73 Å². The van der Waals surface area contributed by atoms with Gasteiger partial charge in [0.15, 0.2) is 0 Å². The lowest BCUT2D eigenvalue weighted by Gasteiger charge is -2.22. The van der Waals surface area contributed by atoms with Crippen LogP contribution in [-0.4, -0.2) is 46.4 Å². The summed E-state index contributed by atoms with van der Waals surface area (Å²) in [6.07, 6.45) is 4.54. The lowest BCUT2D eigenvalue weighted by molar-refractivity contribution is -0.121. The third-order valence-electron chi connectivity index (χ3n) is 4.11. The SMILES string of the molecule is COc1nccnc1-c1ccc(C(=O)N2CCC[C@H]2C(N)=O)cc1.